The highest BCUT2D eigenvalue weighted by molar-refractivity contribution is 6.30. The van der Waals surface area contributed by atoms with Gasteiger partial charge in [-0.1, -0.05) is 41.9 Å². The lowest BCUT2D eigenvalue weighted by Crippen LogP contribution is -2.22. The normalized spacial score (nSPS) is 11.5. The average Bonchev–Trinajstić information content (AvgIpc) is 2.51. The maximum absolute atomic E-state index is 11.5. The zero-order chi connectivity index (χ0) is 15.2. The second-order valence-corrected chi connectivity index (χ2v) is 4.89. The highest BCUT2D eigenvalue weighted by Gasteiger charge is 2.18. The van der Waals surface area contributed by atoms with Crippen molar-refractivity contribution in [2.24, 2.45) is 5.73 Å². The van der Waals surface area contributed by atoms with Crippen LogP contribution >= 0.6 is 11.6 Å². The van der Waals surface area contributed by atoms with Gasteiger partial charge in [0.1, 0.15) is 0 Å². The number of amides is 1. The molecule has 0 aromatic heterocycles. The molecule has 5 heteroatoms. The Morgan fingerprint density at radius 3 is 2.62 bits per heavy atom. The molecule has 21 heavy (non-hydrogen) atoms. The van der Waals surface area contributed by atoms with Crippen LogP contribution in [0.4, 0.5) is 5.69 Å². The molecule has 0 fully saturated rings. The van der Waals surface area contributed by atoms with E-state index in [1.807, 2.05) is 30.3 Å². The van der Waals surface area contributed by atoms with Gasteiger partial charge >= 0.3 is 0 Å². The summed E-state index contributed by atoms with van der Waals surface area (Å²) in [7, 11) is 0. The van der Waals surface area contributed by atoms with Crippen molar-refractivity contribution in [3.63, 3.8) is 0 Å². The summed E-state index contributed by atoms with van der Waals surface area (Å²) in [6.45, 7) is -0.120. The molecule has 0 saturated heterocycles. The molecule has 0 bridgehead atoms. The van der Waals surface area contributed by atoms with Gasteiger partial charge in [0.2, 0.25) is 5.91 Å². The number of nitriles is 1. The third kappa shape index (κ3) is 3.60. The number of halogens is 1. The van der Waals surface area contributed by atoms with E-state index in [0.29, 0.717) is 16.3 Å². The van der Waals surface area contributed by atoms with Crippen LogP contribution in [0.2, 0.25) is 5.02 Å². The van der Waals surface area contributed by atoms with Gasteiger partial charge in [-0.2, -0.15) is 5.26 Å². The first-order valence-corrected chi connectivity index (χ1v) is 6.77. The minimum atomic E-state index is -0.516. The largest absolute Gasteiger partial charge is 0.325 e. The molecule has 2 rings (SSSR count). The third-order valence-electron chi connectivity index (χ3n) is 3.05. The first-order chi connectivity index (χ1) is 10.2. The molecule has 106 valence electrons. The van der Waals surface area contributed by atoms with E-state index in [4.69, 9.17) is 17.3 Å². The lowest BCUT2D eigenvalue weighted by atomic mass is 9.91. The van der Waals surface area contributed by atoms with Crippen molar-refractivity contribution in [3.8, 4) is 6.07 Å². The van der Waals surface area contributed by atoms with Gasteiger partial charge in [-0.05, 0) is 29.3 Å². The molecule has 0 heterocycles. The number of nitrogens with one attached hydrogen (secondary N) is 1. The molecular formula is C16H14ClN3O. The zero-order valence-corrected chi connectivity index (χ0v) is 12.0. The summed E-state index contributed by atoms with van der Waals surface area (Å²) in [4.78, 5) is 11.5. The van der Waals surface area contributed by atoms with Crippen LogP contribution in [0, 0.1) is 11.3 Å². The molecule has 1 unspecified atom stereocenters. The van der Waals surface area contributed by atoms with Crippen LogP contribution in [0.15, 0.2) is 48.5 Å². The summed E-state index contributed by atoms with van der Waals surface area (Å²) in [6.07, 6.45) is 0. The Balaban J connectivity index is 2.48. The lowest BCUT2D eigenvalue weighted by Gasteiger charge is -2.16. The predicted octanol–water partition coefficient (Wildman–Crippen LogP) is 2.89. The fourth-order valence-electron chi connectivity index (χ4n) is 2.06. The second-order valence-electron chi connectivity index (χ2n) is 4.46. The van der Waals surface area contributed by atoms with Crippen molar-refractivity contribution in [3.05, 3.63) is 64.7 Å². The maximum atomic E-state index is 11.5. The Hall–Kier alpha value is -2.35. The summed E-state index contributed by atoms with van der Waals surface area (Å²) in [6, 6.07) is 16.6. The highest BCUT2D eigenvalue weighted by Crippen LogP contribution is 2.32. The molecule has 1 atom stereocenters. The average molecular weight is 300 g/mol. The number of hydrogen-bond donors (Lipinski definition) is 2. The van der Waals surface area contributed by atoms with E-state index in [2.05, 4.69) is 11.4 Å². The van der Waals surface area contributed by atoms with Crippen LogP contribution in [-0.2, 0) is 4.79 Å². The Bertz CT molecular complexity index is 680. The monoisotopic (exact) mass is 299 g/mol. The van der Waals surface area contributed by atoms with Crippen molar-refractivity contribution in [2.45, 2.75) is 5.92 Å². The van der Waals surface area contributed by atoms with Gasteiger partial charge in [-0.15, -0.1) is 0 Å². The van der Waals surface area contributed by atoms with Crippen molar-refractivity contribution in [2.75, 3.05) is 11.9 Å². The molecule has 0 aliphatic carbocycles. The molecule has 0 spiro atoms. The summed E-state index contributed by atoms with van der Waals surface area (Å²) in [5, 5.41) is 12.7. The fraction of sp³-hybridized carbons (Fsp3) is 0.125. The summed E-state index contributed by atoms with van der Waals surface area (Å²) in [5.74, 6) is -0.832. The Kier molecular flexibility index (Phi) is 4.94. The van der Waals surface area contributed by atoms with E-state index < -0.39 is 5.92 Å². The maximum Gasteiger partial charge on any atom is 0.238 e. The smallest absolute Gasteiger partial charge is 0.238 e. The van der Waals surface area contributed by atoms with Crippen LogP contribution in [0.3, 0.4) is 0 Å². The van der Waals surface area contributed by atoms with Gasteiger partial charge in [0, 0.05) is 10.7 Å². The van der Waals surface area contributed by atoms with Gasteiger partial charge in [-0.3, -0.25) is 4.79 Å². The molecule has 2 aromatic rings. The Morgan fingerprint density at radius 1 is 1.29 bits per heavy atom. The van der Waals surface area contributed by atoms with Crippen LogP contribution in [0.5, 0.6) is 0 Å². The lowest BCUT2D eigenvalue weighted by molar-refractivity contribution is -0.114. The molecule has 3 N–H and O–H groups in total. The van der Waals surface area contributed by atoms with E-state index >= 15 is 0 Å². The number of benzene rings is 2. The zero-order valence-electron chi connectivity index (χ0n) is 11.2. The number of hydrogen-bond acceptors (Lipinski definition) is 3. The van der Waals surface area contributed by atoms with Gasteiger partial charge in [-0.25, -0.2) is 0 Å². The van der Waals surface area contributed by atoms with E-state index in [1.54, 1.807) is 18.2 Å². The molecule has 1 amide bonds. The molecule has 4 nitrogen and oxygen atoms in total. The molecule has 0 aliphatic rings. The molecule has 2 aromatic carbocycles. The van der Waals surface area contributed by atoms with Crippen LogP contribution < -0.4 is 11.1 Å². The second kappa shape index (κ2) is 6.89. The standard InChI is InChI=1S/C16H14ClN3O/c17-12-6-7-15(20-16(21)10-19)13(8-12)14(9-18)11-4-2-1-3-5-11/h1-8,14H,10,19H2,(H,20,21). The van der Waals surface area contributed by atoms with Crippen molar-refractivity contribution < 1.29 is 4.79 Å². The summed E-state index contributed by atoms with van der Waals surface area (Å²) >= 11 is 6.03. The third-order valence-corrected chi connectivity index (χ3v) is 3.28. The molecular weight excluding hydrogens is 286 g/mol. The Labute approximate surface area is 128 Å². The van der Waals surface area contributed by atoms with E-state index in [9.17, 15) is 10.1 Å². The minimum absolute atomic E-state index is 0.120. The SMILES string of the molecule is N#CC(c1ccccc1)c1cc(Cl)ccc1NC(=O)CN. The summed E-state index contributed by atoms with van der Waals surface area (Å²) in [5.41, 5.74) is 7.35. The molecule has 0 radical (unpaired) electrons. The highest BCUT2D eigenvalue weighted by atomic mass is 35.5. The minimum Gasteiger partial charge on any atom is -0.325 e. The van der Waals surface area contributed by atoms with Crippen molar-refractivity contribution in [1.29, 1.82) is 5.26 Å². The predicted molar refractivity (Wildman–Crippen MR) is 83.0 cm³/mol. The van der Waals surface area contributed by atoms with Crippen LogP contribution in [0.1, 0.15) is 17.0 Å². The first-order valence-electron chi connectivity index (χ1n) is 6.39. The topological polar surface area (TPSA) is 78.9 Å². The fourth-order valence-corrected chi connectivity index (χ4v) is 2.24. The number of anilines is 1. The number of nitrogens with two attached hydrogens (primary N) is 1. The van der Waals surface area contributed by atoms with Crippen LogP contribution in [0.25, 0.3) is 0 Å². The summed E-state index contributed by atoms with van der Waals surface area (Å²) < 4.78 is 0. The van der Waals surface area contributed by atoms with E-state index in [-0.39, 0.29) is 12.5 Å². The van der Waals surface area contributed by atoms with E-state index in [0.717, 1.165) is 5.56 Å². The van der Waals surface area contributed by atoms with Gasteiger partial charge in [0.05, 0.1) is 18.5 Å². The number of carbonyl (C=O) groups excluding carboxylic acids is 1. The molecule has 0 saturated carbocycles. The van der Waals surface area contributed by atoms with Crippen molar-refractivity contribution >= 4 is 23.2 Å². The van der Waals surface area contributed by atoms with Gasteiger partial charge in [0.25, 0.3) is 0 Å². The number of carbonyl (C=O) groups is 1. The van der Waals surface area contributed by atoms with Gasteiger partial charge in [0.15, 0.2) is 0 Å². The van der Waals surface area contributed by atoms with Gasteiger partial charge < -0.3 is 11.1 Å². The Morgan fingerprint density at radius 2 is 2.00 bits per heavy atom. The van der Waals surface area contributed by atoms with E-state index in [1.165, 1.54) is 0 Å². The first kappa shape index (κ1) is 15.0. The quantitative estimate of drug-likeness (QED) is 0.911. The number of nitrogens with zero attached hydrogens (tertiary/aromatic N) is 1. The number of rotatable bonds is 4. The van der Waals surface area contributed by atoms with Crippen molar-refractivity contribution in [1.82, 2.24) is 0 Å². The molecule has 0 aliphatic heterocycles. The van der Waals surface area contributed by atoms with Crippen LogP contribution in [-0.4, -0.2) is 12.5 Å².